The molecule has 0 aromatic carbocycles. The third-order valence-corrected chi connectivity index (χ3v) is 2.45. The van der Waals surface area contributed by atoms with Crippen LogP contribution in [-0.4, -0.2) is 12.1 Å². The second-order valence-corrected chi connectivity index (χ2v) is 5.28. The van der Waals surface area contributed by atoms with Crippen LogP contribution in [0.25, 0.3) is 0 Å². The highest BCUT2D eigenvalue weighted by Crippen LogP contribution is 2.28. The third-order valence-electron chi connectivity index (χ3n) is 2.45. The summed E-state index contributed by atoms with van der Waals surface area (Å²) in [5.74, 6) is 0.976. The number of methoxy groups -OCH3 is 1. The molecule has 0 fully saturated rings. The second kappa shape index (κ2) is 4.21. The van der Waals surface area contributed by atoms with Crippen molar-refractivity contribution in [2.45, 2.75) is 41.0 Å². The van der Waals surface area contributed by atoms with E-state index >= 15 is 0 Å². The molecule has 0 spiro atoms. The van der Waals surface area contributed by atoms with Gasteiger partial charge in [0, 0.05) is 23.0 Å². The minimum Gasteiger partial charge on any atom is -0.496 e. The van der Waals surface area contributed by atoms with Crippen LogP contribution in [0, 0.1) is 19.3 Å². The number of rotatable bonds is 2. The average molecular weight is 207 g/mol. The average Bonchev–Trinajstić information content (AvgIpc) is 2.09. The molecule has 0 radical (unpaired) electrons. The van der Waals surface area contributed by atoms with Crippen molar-refractivity contribution in [2.75, 3.05) is 7.11 Å². The fourth-order valence-corrected chi connectivity index (χ4v) is 1.75. The van der Waals surface area contributed by atoms with Crippen LogP contribution in [0.15, 0.2) is 6.20 Å². The van der Waals surface area contributed by atoms with Crippen molar-refractivity contribution in [1.82, 2.24) is 4.98 Å². The van der Waals surface area contributed by atoms with Crippen molar-refractivity contribution >= 4 is 0 Å². The Hall–Kier alpha value is -1.05. The summed E-state index contributed by atoms with van der Waals surface area (Å²) in [7, 11) is 1.72. The first-order chi connectivity index (χ1) is 6.85. The number of aryl methyl sites for hydroxylation is 1. The number of pyridine rings is 1. The topological polar surface area (TPSA) is 22.1 Å². The minimum atomic E-state index is 0.262. The van der Waals surface area contributed by atoms with Gasteiger partial charge in [-0.15, -0.1) is 0 Å². The summed E-state index contributed by atoms with van der Waals surface area (Å²) in [6.07, 6.45) is 2.88. The van der Waals surface area contributed by atoms with Crippen molar-refractivity contribution in [2.24, 2.45) is 5.41 Å². The van der Waals surface area contributed by atoms with Gasteiger partial charge in [-0.05, 0) is 25.7 Å². The smallest absolute Gasteiger partial charge is 0.128 e. The van der Waals surface area contributed by atoms with Crippen LogP contribution in [0.2, 0.25) is 0 Å². The summed E-state index contributed by atoms with van der Waals surface area (Å²) in [4.78, 5) is 4.49. The molecule has 84 valence electrons. The molecule has 2 heteroatoms. The van der Waals surface area contributed by atoms with E-state index in [0.717, 1.165) is 23.4 Å². The number of aromatic nitrogens is 1. The number of ether oxygens (including phenoxy) is 1. The van der Waals surface area contributed by atoms with E-state index in [2.05, 4.69) is 32.7 Å². The monoisotopic (exact) mass is 207 g/mol. The zero-order valence-corrected chi connectivity index (χ0v) is 10.6. The Kier molecular flexibility index (Phi) is 3.38. The van der Waals surface area contributed by atoms with E-state index in [0.29, 0.717) is 0 Å². The molecule has 0 bridgehead atoms. The Morgan fingerprint density at radius 2 is 1.87 bits per heavy atom. The van der Waals surface area contributed by atoms with Crippen LogP contribution in [-0.2, 0) is 6.42 Å². The van der Waals surface area contributed by atoms with Gasteiger partial charge in [-0.3, -0.25) is 4.98 Å². The SMILES string of the molecule is COc1c(C)cnc(CC(C)(C)C)c1C. The molecular formula is C13H21NO. The quantitative estimate of drug-likeness (QED) is 0.742. The molecule has 1 heterocycles. The minimum absolute atomic E-state index is 0.262. The van der Waals surface area contributed by atoms with Gasteiger partial charge in [0.2, 0.25) is 0 Å². The Balaban J connectivity index is 3.11. The van der Waals surface area contributed by atoms with E-state index < -0.39 is 0 Å². The molecule has 0 atom stereocenters. The Morgan fingerprint density at radius 3 is 2.33 bits per heavy atom. The zero-order chi connectivity index (χ0) is 11.6. The van der Waals surface area contributed by atoms with Crippen molar-refractivity contribution in [3.8, 4) is 5.75 Å². The molecule has 1 aromatic rings. The highest BCUT2D eigenvalue weighted by atomic mass is 16.5. The molecule has 0 saturated heterocycles. The van der Waals surface area contributed by atoms with E-state index in [4.69, 9.17) is 4.74 Å². The molecule has 0 saturated carbocycles. The predicted octanol–water partition coefficient (Wildman–Crippen LogP) is 3.30. The number of hydrogen-bond donors (Lipinski definition) is 0. The summed E-state index contributed by atoms with van der Waals surface area (Å²) < 4.78 is 5.39. The third kappa shape index (κ3) is 2.95. The second-order valence-electron chi connectivity index (χ2n) is 5.28. The Labute approximate surface area is 92.7 Å². The molecular weight excluding hydrogens is 186 g/mol. The van der Waals surface area contributed by atoms with Crippen LogP contribution >= 0.6 is 0 Å². The van der Waals surface area contributed by atoms with E-state index in [1.807, 2.05) is 13.1 Å². The van der Waals surface area contributed by atoms with Crippen LogP contribution in [0.3, 0.4) is 0 Å². The molecule has 0 amide bonds. The van der Waals surface area contributed by atoms with Gasteiger partial charge in [0.1, 0.15) is 5.75 Å². The van der Waals surface area contributed by atoms with Crippen LogP contribution in [0.4, 0.5) is 0 Å². The van der Waals surface area contributed by atoms with Gasteiger partial charge in [-0.25, -0.2) is 0 Å². The molecule has 0 aliphatic carbocycles. The molecule has 0 aliphatic heterocycles. The largest absolute Gasteiger partial charge is 0.496 e. The predicted molar refractivity (Wildman–Crippen MR) is 63.4 cm³/mol. The normalized spacial score (nSPS) is 11.6. The van der Waals surface area contributed by atoms with E-state index in [1.54, 1.807) is 7.11 Å². The van der Waals surface area contributed by atoms with Crippen molar-refractivity contribution < 1.29 is 4.74 Å². The maximum absolute atomic E-state index is 5.39. The molecule has 0 aliphatic rings. The lowest BCUT2D eigenvalue weighted by molar-refractivity contribution is 0.392. The fraction of sp³-hybridized carbons (Fsp3) is 0.615. The summed E-state index contributed by atoms with van der Waals surface area (Å²) >= 11 is 0. The Morgan fingerprint density at radius 1 is 1.27 bits per heavy atom. The van der Waals surface area contributed by atoms with Crippen LogP contribution in [0.5, 0.6) is 5.75 Å². The van der Waals surface area contributed by atoms with Gasteiger partial charge in [0.15, 0.2) is 0 Å². The van der Waals surface area contributed by atoms with Crippen LogP contribution in [0.1, 0.15) is 37.6 Å². The van der Waals surface area contributed by atoms with E-state index in [9.17, 15) is 0 Å². The van der Waals surface area contributed by atoms with Gasteiger partial charge in [0.25, 0.3) is 0 Å². The molecule has 1 aromatic heterocycles. The molecule has 0 N–H and O–H groups in total. The van der Waals surface area contributed by atoms with Gasteiger partial charge >= 0.3 is 0 Å². The maximum Gasteiger partial charge on any atom is 0.128 e. The van der Waals surface area contributed by atoms with Gasteiger partial charge < -0.3 is 4.74 Å². The number of hydrogen-bond acceptors (Lipinski definition) is 2. The lowest BCUT2D eigenvalue weighted by Gasteiger charge is -2.20. The van der Waals surface area contributed by atoms with E-state index in [-0.39, 0.29) is 5.41 Å². The highest BCUT2D eigenvalue weighted by molar-refractivity contribution is 5.41. The maximum atomic E-state index is 5.39. The standard InChI is InChI=1S/C13H21NO/c1-9-8-14-11(7-13(3,4)5)10(2)12(9)15-6/h8H,7H2,1-6H3. The van der Waals surface area contributed by atoms with Crippen LogP contribution < -0.4 is 4.74 Å². The summed E-state index contributed by atoms with van der Waals surface area (Å²) in [6, 6.07) is 0. The molecule has 15 heavy (non-hydrogen) atoms. The van der Waals surface area contributed by atoms with Gasteiger partial charge in [-0.1, -0.05) is 20.8 Å². The molecule has 2 nitrogen and oxygen atoms in total. The van der Waals surface area contributed by atoms with E-state index in [1.165, 1.54) is 5.56 Å². The summed E-state index contributed by atoms with van der Waals surface area (Å²) in [6.45, 7) is 10.8. The first-order valence-electron chi connectivity index (χ1n) is 5.34. The first kappa shape index (κ1) is 12.0. The van der Waals surface area contributed by atoms with Crippen molar-refractivity contribution in [3.63, 3.8) is 0 Å². The lowest BCUT2D eigenvalue weighted by atomic mass is 9.88. The van der Waals surface area contributed by atoms with Gasteiger partial charge in [-0.2, -0.15) is 0 Å². The zero-order valence-electron chi connectivity index (χ0n) is 10.6. The molecule has 0 unspecified atom stereocenters. The summed E-state index contributed by atoms with van der Waals surface area (Å²) in [5.41, 5.74) is 3.68. The molecule has 1 rings (SSSR count). The number of nitrogens with zero attached hydrogens (tertiary/aromatic N) is 1. The highest BCUT2D eigenvalue weighted by Gasteiger charge is 2.16. The van der Waals surface area contributed by atoms with Gasteiger partial charge in [0.05, 0.1) is 7.11 Å². The van der Waals surface area contributed by atoms with Crippen molar-refractivity contribution in [1.29, 1.82) is 0 Å². The summed E-state index contributed by atoms with van der Waals surface area (Å²) in [5, 5.41) is 0. The lowest BCUT2D eigenvalue weighted by Crippen LogP contribution is -2.12. The first-order valence-corrected chi connectivity index (χ1v) is 5.34. The van der Waals surface area contributed by atoms with Crippen molar-refractivity contribution in [3.05, 3.63) is 23.0 Å². The Bertz CT molecular complexity index is 350. The fourth-order valence-electron chi connectivity index (χ4n) is 1.75.